The van der Waals surface area contributed by atoms with E-state index in [1.54, 1.807) is 12.1 Å². The van der Waals surface area contributed by atoms with Crippen molar-refractivity contribution in [3.05, 3.63) is 68.7 Å². The second kappa shape index (κ2) is 7.56. The van der Waals surface area contributed by atoms with Crippen molar-refractivity contribution in [2.75, 3.05) is 0 Å². The Kier molecular flexibility index (Phi) is 5.73. The Morgan fingerprint density at radius 1 is 0.957 bits per heavy atom. The van der Waals surface area contributed by atoms with Gasteiger partial charge < -0.3 is 0 Å². The molecule has 0 aromatic heterocycles. The Morgan fingerprint density at radius 3 is 2.13 bits per heavy atom. The largest absolute Gasteiger partial charge is 0.237 e. The molecule has 0 spiro atoms. The lowest BCUT2D eigenvalue weighted by Gasteiger charge is -2.24. The molecule has 4 nitrogen and oxygen atoms in total. The molecule has 7 heteroatoms. The molecular weight excluding hydrogens is 359 g/mol. The Hall–Kier alpha value is -1.93. The quantitative estimate of drug-likeness (QED) is 0.436. The van der Waals surface area contributed by atoms with E-state index in [2.05, 4.69) is 9.98 Å². The number of carbonyl (C=O) groups excluding carboxylic acids is 2. The molecule has 0 N–H and O–H groups in total. The fourth-order valence-corrected chi connectivity index (χ4v) is 2.95. The minimum atomic E-state index is -1.63. The zero-order valence-electron chi connectivity index (χ0n) is 11.6. The van der Waals surface area contributed by atoms with Crippen LogP contribution in [0.15, 0.2) is 52.4 Å². The van der Waals surface area contributed by atoms with E-state index >= 15 is 0 Å². The summed E-state index contributed by atoms with van der Waals surface area (Å²) in [7, 11) is 0. The molecule has 2 rings (SSSR count). The summed E-state index contributed by atoms with van der Waals surface area (Å²) < 4.78 is 0. The summed E-state index contributed by atoms with van der Waals surface area (Å²) >= 11 is 18.3. The van der Waals surface area contributed by atoms with Crippen molar-refractivity contribution in [3.63, 3.8) is 0 Å². The average molecular weight is 368 g/mol. The lowest BCUT2D eigenvalue weighted by atomic mass is 9.92. The molecule has 0 aliphatic heterocycles. The highest BCUT2D eigenvalue weighted by Gasteiger charge is 2.35. The van der Waals surface area contributed by atoms with Crippen molar-refractivity contribution in [1.29, 1.82) is 0 Å². The van der Waals surface area contributed by atoms with E-state index in [-0.39, 0.29) is 27.1 Å². The van der Waals surface area contributed by atoms with Gasteiger partial charge in [0.2, 0.25) is 17.8 Å². The molecule has 0 aliphatic carbocycles. The van der Waals surface area contributed by atoms with Crippen LogP contribution in [0.2, 0.25) is 15.1 Å². The summed E-state index contributed by atoms with van der Waals surface area (Å²) in [6, 6.07) is 12.0. The molecule has 2 aromatic rings. The van der Waals surface area contributed by atoms with E-state index < -0.39 is 5.66 Å². The van der Waals surface area contributed by atoms with Gasteiger partial charge in [-0.1, -0.05) is 65.1 Å². The summed E-state index contributed by atoms with van der Waals surface area (Å²) in [5.74, 6) is 0. The van der Waals surface area contributed by atoms with Crippen molar-refractivity contribution >= 4 is 47.0 Å². The van der Waals surface area contributed by atoms with Gasteiger partial charge in [-0.2, -0.15) is 9.98 Å². The number of hydrogen-bond acceptors (Lipinski definition) is 4. The fourth-order valence-electron chi connectivity index (χ4n) is 2.20. The van der Waals surface area contributed by atoms with Crippen LogP contribution in [0, 0.1) is 0 Å². The van der Waals surface area contributed by atoms with Crippen LogP contribution in [-0.2, 0) is 21.7 Å². The van der Waals surface area contributed by atoms with Crippen molar-refractivity contribution in [2.45, 2.75) is 12.1 Å². The minimum absolute atomic E-state index is 0.0920. The van der Waals surface area contributed by atoms with E-state index in [0.29, 0.717) is 0 Å². The Bertz CT molecular complexity index is 794. The summed E-state index contributed by atoms with van der Waals surface area (Å²) in [5, 5.41) is 0.535. The van der Waals surface area contributed by atoms with Crippen molar-refractivity contribution in [2.24, 2.45) is 9.98 Å². The van der Waals surface area contributed by atoms with Crippen LogP contribution in [0.25, 0.3) is 0 Å². The van der Waals surface area contributed by atoms with Crippen molar-refractivity contribution in [3.8, 4) is 0 Å². The lowest BCUT2D eigenvalue weighted by molar-refractivity contribution is 0.451. The van der Waals surface area contributed by atoms with Crippen LogP contribution in [0.5, 0.6) is 0 Å². The second-order valence-corrected chi connectivity index (χ2v) is 5.86. The van der Waals surface area contributed by atoms with Crippen LogP contribution in [0.4, 0.5) is 0 Å². The Labute approximate surface area is 147 Å². The maximum atomic E-state index is 10.9. The average Bonchev–Trinajstić information content (AvgIpc) is 2.52. The summed E-state index contributed by atoms with van der Waals surface area (Å²) in [5.41, 5.74) is -0.624. The molecule has 0 saturated carbocycles. The minimum Gasteiger partial charge on any atom is -0.211 e. The molecule has 0 atom stereocenters. The molecule has 0 heterocycles. The smallest absolute Gasteiger partial charge is 0.211 e. The first-order valence-electron chi connectivity index (χ1n) is 6.39. The molecule has 0 saturated heterocycles. The standard InChI is InChI=1S/C16H9Cl3N2O2/c17-12-6-13(15(19)14(18)7-12)16(20-9-22,21-10-23)8-11-4-2-1-3-5-11/h1-7H,8H2. The molecule has 0 fully saturated rings. The summed E-state index contributed by atoms with van der Waals surface area (Å²) in [6.45, 7) is 0. The number of aliphatic imine (C=N–C) groups is 2. The van der Waals surface area contributed by atoms with Crippen LogP contribution < -0.4 is 0 Å². The van der Waals surface area contributed by atoms with E-state index in [1.807, 2.05) is 18.2 Å². The number of nitrogens with zero attached hydrogens (tertiary/aromatic N) is 2. The van der Waals surface area contributed by atoms with Gasteiger partial charge in [0, 0.05) is 17.0 Å². The zero-order chi connectivity index (χ0) is 16.9. The summed E-state index contributed by atoms with van der Waals surface area (Å²) in [4.78, 5) is 29.3. The first kappa shape index (κ1) is 17.4. The van der Waals surface area contributed by atoms with Crippen LogP contribution in [-0.4, -0.2) is 12.2 Å². The van der Waals surface area contributed by atoms with Crippen LogP contribution in [0.1, 0.15) is 11.1 Å². The third-order valence-corrected chi connectivity index (χ3v) is 4.20. The number of rotatable bonds is 5. The van der Waals surface area contributed by atoms with Crippen molar-refractivity contribution in [1.82, 2.24) is 0 Å². The van der Waals surface area contributed by atoms with Gasteiger partial charge in [-0.3, -0.25) is 0 Å². The predicted octanol–water partition coefficient (Wildman–Crippen LogP) is 4.71. The number of hydrogen-bond donors (Lipinski definition) is 0. The number of benzene rings is 2. The predicted molar refractivity (Wildman–Crippen MR) is 89.5 cm³/mol. The van der Waals surface area contributed by atoms with Gasteiger partial charge in [-0.05, 0) is 17.7 Å². The van der Waals surface area contributed by atoms with Gasteiger partial charge in [0.25, 0.3) is 0 Å². The van der Waals surface area contributed by atoms with Crippen LogP contribution >= 0.6 is 34.8 Å². The van der Waals surface area contributed by atoms with Crippen molar-refractivity contribution < 1.29 is 9.59 Å². The lowest BCUT2D eigenvalue weighted by Crippen LogP contribution is -2.25. The monoisotopic (exact) mass is 366 g/mol. The van der Waals surface area contributed by atoms with Gasteiger partial charge in [-0.25, -0.2) is 9.59 Å². The maximum absolute atomic E-state index is 10.9. The highest BCUT2D eigenvalue weighted by molar-refractivity contribution is 6.43. The summed E-state index contributed by atoms with van der Waals surface area (Å²) in [6.07, 6.45) is 2.96. The third-order valence-electron chi connectivity index (χ3n) is 3.18. The number of halogens is 3. The molecule has 116 valence electrons. The fraction of sp³-hybridized carbons (Fsp3) is 0.125. The second-order valence-electron chi connectivity index (χ2n) is 4.63. The topological polar surface area (TPSA) is 58.9 Å². The molecule has 0 unspecified atom stereocenters. The highest BCUT2D eigenvalue weighted by atomic mass is 35.5. The molecule has 2 aromatic carbocycles. The first-order valence-corrected chi connectivity index (χ1v) is 7.53. The Morgan fingerprint density at radius 2 is 1.57 bits per heavy atom. The van der Waals surface area contributed by atoms with Gasteiger partial charge >= 0.3 is 0 Å². The van der Waals surface area contributed by atoms with E-state index in [0.717, 1.165) is 5.56 Å². The van der Waals surface area contributed by atoms with Gasteiger partial charge in [0.1, 0.15) is 0 Å². The third kappa shape index (κ3) is 3.89. The maximum Gasteiger partial charge on any atom is 0.237 e. The highest BCUT2D eigenvalue weighted by Crippen LogP contribution is 2.40. The normalized spacial score (nSPS) is 12.7. The number of isocyanates is 2. The molecule has 23 heavy (non-hydrogen) atoms. The SMILES string of the molecule is O=C=NC(Cc1ccccc1)(N=C=O)c1cc(Cl)cc(Cl)c1Cl. The molecular formula is C16H9Cl3N2O2. The van der Waals surface area contributed by atoms with Crippen LogP contribution in [0.3, 0.4) is 0 Å². The van der Waals surface area contributed by atoms with E-state index in [1.165, 1.54) is 24.3 Å². The van der Waals surface area contributed by atoms with E-state index in [4.69, 9.17) is 34.8 Å². The Balaban J connectivity index is 2.72. The zero-order valence-corrected chi connectivity index (χ0v) is 13.9. The van der Waals surface area contributed by atoms with Gasteiger partial charge in [0.05, 0.1) is 10.0 Å². The first-order chi connectivity index (χ1) is 11.0. The van der Waals surface area contributed by atoms with Gasteiger partial charge in [-0.15, -0.1) is 0 Å². The molecule has 0 bridgehead atoms. The molecule has 0 aliphatic rings. The van der Waals surface area contributed by atoms with Gasteiger partial charge in [0.15, 0.2) is 0 Å². The van der Waals surface area contributed by atoms with E-state index in [9.17, 15) is 9.59 Å². The molecule has 0 radical (unpaired) electrons. The molecule has 0 amide bonds.